The molecule has 0 aliphatic rings. The van der Waals surface area contributed by atoms with Crippen molar-refractivity contribution in [2.75, 3.05) is 30.7 Å². The van der Waals surface area contributed by atoms with E-state index in [9.17, 15) is 21.4 Å². The molecule has 0 aliphatic heterocycles. The fraction of sp³-hybridized carbons (Fsp3) is 0.333. The molecule has 0 bridgehead atoms. The Bertz CT molecular complexity index is 938. The zero-order chi connectivity index (χ0) is 20.9. The lowest BCUT2D eigenvalue weighted by Crippen LogP contribution is -2.29. The third-order valence-electron chi connectivity index (χ3n) is 3.96. The number of sulfonamides is 1. The Balaban J connectivity index is 2.23. The van der Waals surface area contributed by atoms with E-state index in [1.54, 1.807) is 24.3 Å². The number of anilines is 1. The molecule has 0 radical (unpaired) electrons. The van der Waals surface area contributed by atoms with Gasteiger partial charge in [0, 0.05) is 31.7 Å². The van der Waals surface area contributed by atoms with E-state index < -0.39 is 32.6 Å². The average Bonchev–Trinajstić information content (AvgIpc) is 2.64. The molecule has 10 heteroatoms. The van der Waals surface area contributed by atoms with E-state index in [0.717, 1.165) is 22.5 Å². The molecule has 0 aromatic heterocycles. The summed E-state index contributed by atoms with van der Waals surface area (Å²) < 4.78 is 67.0. The first kappa shape index (κ1) is 22.7. The molecule has 28 heavy (non-hydrogen) atoms. The normalized spacial score (nSPS) is 12.9. The molecule has 5 nitrogen and oxygen atoms in total. The van der Waals surface area contributed by atoms with Crippen LogP contribution in [0.15, 0.2) is 47.4 Å². The largest absolute Gasteiger partial charge is 0.285 e. The Hall–Kier alpha value is -1.55. The highest BCUT2D eigenvalue weighted by Gasteiger charge is 2.21. The standard InChI is InChI=1S/C18H21ClF2N2O3S2/c1-22(2)28(25,26)12-4-3-11-23(18-13-15(20)7-10-17(18)21)27(24)16-8-5-14(19)6-9-16/h5-10,13H,3-4,11-12H2,1-2H3. The zero-order valence-corrected chi connectivity index (χ0v) is 17.8. The highest BCUT2D eigenvalue weighted by Crippen LogP contribution is 2.26. The molecule has 1 atom stereocenters. The Morgan fingerprint density at radius 2 is 1.68 bits per heavy atom. The molecule has 0 aliphatic carbocycles. The van der Waals surface area contributed by atoms with E-state index in [0.29, 0.717) is 16.3 Å². The van der Waals surface area contributed by atoms with E-state index in [-0.39, 0.29) is 24.4 Å². The highest BCUT2D eigenvalue weighted by atomic mass is 35.5. The number of unbranched alkanes of at least 4 members (excludes halogenated alkanes) is 1. The summed E-state index contributed by atoms with van der Waals surface area (Å²) in [6.45, 7) is 0.0819. The molecule has 0 amide bonds. The van der Waals surface area contributed by atoms with Crippen LogP contribution in [0.2, 0.25) is 5.02 Å². The smallest absolute Gasteiger partial charge is 0.213 e. The van der Waals surface area contributed by atoms with Crippen molar-refractivity contribution >= 4 is 38.3 Å². The lowest BCUT2D eigenvalue weighted by Gasteiger charge is -2.24. The van der Waals surface area contributed by atoms with Gasteiger partial charge in [0.25, 0.3) is 0 Å². The molecule has 2 aromatic rings. The maximum Gasteiger partial charge on any atom is 0.213 e. The summed E-state index contributed by atoms with van der Waals surface area (Å²) >= 11 is 5.85. The van der Waals surface area contributed by atoms with Crippen LogP contribution in [0.4, 0.5) is 14.5 Å². The average molecular weight is 451 g/mol. The van der Waals surface area contributed by atoms with E-state index in [1.807, 2.05) is 0 Å². The number of hydrogen-bond acceptors (Lipinski definition) is 3. The predicted molar refractivity (Wildman–Crippen MR) is 108 cm³/mol. The van der Waals surface area contributed by atoms with E-state index in [1.165, 1.54) is 18.4 Å². The molecule has 0 fully saturated rings. The first-order chi connectivity index (χ1) is 13.1. The van der Waals surface area contributed by atoms with Crippen molar-refractivity contribution in [3.8, 4) is 0 Å². The SMILES string of the molecule is CN(C)S(=O)(=O)CCCCN(c1cc(F)ccc1F)S(=O)c1ccc(Cl)cc1. The fourth-order valence-corrected chi connectivity index (χ4v) is 4.67. The number of hydrogen-bond donors (Lipinski definition) is 0. The van der Waals surface area contributed by atoms with Gasteiger partial charge in [0.2, 0.25) is 10.0 Å². The van der Waals surface area contributed by atoms with Crippen LogP contribution in [0.5, 0.6) is 0 Å². The van der Waals surface area contributed by atoms with Crippen molar-refractivity contribution in [2.24, 2.45) is 0 Å². The van der Waals surface area contributed by atoms with Gasteiger partial charge in [-0.3, -0.25) is 4.31 Å². The molecule has 0 spiro atoms. The van der Waals surface area contributed by atoms with Crippen molar-refractivity contribution in [2.45, 2.75) is 17.7 Å². The second kappa shape index (κ2) is 9.78. The summed E-state index contributed by atoms with van der Waals surface area (Å²) in [6, 6.07) is 9.11. The van der Waals surface area contributed by atoms with Crippen LogP contribution < -0.4 is 4.31 Å². The van der Waals surface area contributed by atoms with Gasteiger partial charge in [-0.1, -0.05) is 11.6 Å². The Morgan fingerprint density at radius 1 is 1.04 bits per heavy atom. The van der Waals surface area contributed by atoms with E-state index in [2.05, 4.69) is 0 Å². The minimum atomic E-state index is -3.36. The zero-order valence-electron chi connectivity index (χ0n) is 15.4. The van der Waals surface area contributed by atoms with Crippen LogP contribution in [-0.2, 0) is 21.0 Å². The molecule has 0 saturated carbocycles. The third kappa shape index (κ3) is 5.97. The van der Waals surface area contributed by atoms with E-state index in [4.69, 9.17) is 11.6 Å². The Labute approximate surface area is 171 Å². The summed E-state index contributed by atoms with van der Waals surface area (Å²) in [4.78, 5) is 0.369. The fourth-order valence-electron chi connectivity index (χ4n) is 2.37. The molecule has 2 aromatic carbocycles. The minimum Gasteiger partial charge on any atom is -0.285 e. The monoisotopic (exact) mass is 450 g/mol. The van der Waals surface area contributed by atoms with Gasteiger partial charge in [-0.2, -0.15) is 0 Å². The molecular weight excluding hydrogens is 430 g/mol. The lowest BCUT2D eigenvalue weighted by atomic mass is 10.2. The molecule has 0 heterocycles. The van der Waals surface area contributed by atoms with Gasteiger partial charge in [-0.25, -0.2) is 25.7 Å². The predicted octanol–water partition coefficient (Wildman–Crippen LogP) is 3.82. The van der Waals surface area contributed by atoms with Crippen LogP contribution in [0.3, 0.4) is 0 Å². The maximum absolute atomic E-state index is 14.3. The molecule has 2 rings (SSSR count). The van der Waals surface area contributed by atoms with Gasteiger partial charge in [-0.15, -0.1) is 0 Å². The van der Waals surface area contributed by atoms with Crippen molar-refractivity contribution in [3.05, 3.63) is 59.1 Å². The maximum atomic E-state index is 14.3. The van der Waals surface area contributed by atoms with Gasteiger partial charge in [0.05, 0.1) is 16.3 Å². The van der Waals surface area contributed by atoms with Crippen LogP contribution in [-0.4, -0.2) is 43.3 Å². The summed E-state index contributed by atoms with van der Waals surface area (Å²) in [5.74, 6) is -1.47. The summed E-state index contributed by atoms with van der Waals surface area (Å²) in [5, 5.41) is 0.457. The van der Waals surface area contributed by atoms with E-state index >= 15 is 0 Å². The summed E-state index contributed by atoms with van der Waals surface area (Å²) in [7, 11) is -2.30. The summed E-state index contributed by atoms with van der Waals surface area (Å²) in [6.07, 6.45) is 0.605. The lowest BCUT2D eigenvalue weighted by molar-refractivity contribution is 0.517. The minimum absolute atomic E-state index is 0.0819. The van der Waals surface area contributed by atoms with Crippen molar-refractivity contribution in [3.63, 3.8) is 0 Å². The van der Waals surface area contributed by atoms with Gasteiger partial charge >= 0.3 is 0 Å². The van der Waals surface area contributed by atoms with Gasteiger partial charge in [0.15, 0.2) is 11.0 Å². The van der Waals surface area contributed by atoms with Crippen molar-refractivity contribution in [1.82, 2.24) is 4.31 Å². The van der Waals surface area contributed by atoms with Crippen molar-refractivity contribution < 1.29 is 21.4 Å². The number of halogens is 3. The second-order valence-electron chi connectivity index (χ2n) is 6.21. The number of benzene rings is 2. The second-order valence-corrected chi connectivity index (χ2v) is 10.4. The first-order valence-electron chi connectivity index (χ1n) is 8.42. The highest BCUT2D eigenvalue weighted by molar-refractivity contribution is 7.89. The number of nitrogens with zero attached hydrogens (tertiary/aromatic N) is 2. The van der Waals surface area contributed by atoms with Crippen LogP contribution >= 0.6 is 11.6 Å². The van der Waals surface area contributed by atoms with Crippen LogP contribution in [0.1, 0.15) is 12.8 Å². The quantitative estimate of drug-likeness (QED) is 0.546. The number of rotatable bonds is 9. The molecular formula is C18H21ClF2N2O3S2. The molecule has 154 valence electrons. The third-order valence-corrected chi connectivity index (χ3v) is 7.59. The van der Waals surface area contributed by atoms with Crippen LogP contribution in [0.25, 0.3) is 0 Å². The van der Waals surface area contributed by atoms with Crippen molar-refractivity contribution in [1.29, 1.82) is 0 Å². The summed E-state index contributed by atoms with van der Waals surface area (Å²) in [5.41, 5.74) is -0.149. The molecule has 1 unspecified atom stereocenters. The first-order valence-corrected chi connectivity index (χ1v) is 11.5. The topological polar surface area (TPSA) is 57.7 Å². The Kier molecular flexibility index (Phi) is 7.94. The molecule has 0 saturated heterocycles. The van der Waals surface area contributed by atoms with Gasteiger partial charge in [-0.05, 0) is 49.2 Å². The molecule has 0 N–H and O–H groups in total. The van der Waals surface area contributed by atoms with Gasteiger partial charge in [0.1, 0.15) is 11.6 Å². The Morgan fingerprint density at radius 3 is 2.29 bits per heavy atom. The van der Waals surface area contributed by atoms with Gasteiger partial charge < -0.3 is 0 Å². The van der Waals surface area contributed by atoms with Crippen LogP contribution in [0, 0.1) is 11.6 Å².